The highest BCUT2D eigenvalue weighted by Gasteiger charge is 2.27. The lowest BCUT2D eigenvalue weighted by Crippen LogP contribution is -2.34. The Morgan fingerprint density at radius 3 is 2.86 bits per heavy atom. The summed E-state index contributed by atoms with van der Waals surface area (Å²) in [6.45, 7) is 6.32. The van der Waals surface area contributed by atoms with Crippen molar-refractivity contribution in [2.24, 2.45) is 5.73 Å². The van der Waals surface area contributed by atoms with Gasteiger partial charge in [-0.3, -0.25) is 4.79 Å². The quantitative estimate of drug-likeness (QED) is 0.652. The van der Waals surface area contributed by atoms with Gasteiger partial charge in [0.2, 0.25) is 5.91 Å². The van der Waals surface area contributed by atoms with Crippen LogP contribution in [0.3, 0.4) is 0 Å². The van der Waals surface area contributed by atoms with Crippen LogP contribution in [0.15, 0.2) is 0 Å². The molecule has 1 aliphatic heterocycles. The van der Waals surface area contributed by atoms with Crippen LogP contribution in [0.1, 0.15) is 26.7 Å². The Kier molecular flexibility index (Phi) is 4.35. The highest BCUT2D eigenvalue weighted by molar-refractivity contribution is 5.83. The SMILES string of the molecule is CC(C)OCCCN1CCC(N)C1=O. The highest BCUT2D eigenvalue weighted by Crippen LogP contribution is 2.09. The number of likely N-dealkylation sites (tertiary alicyclic amines) is 1. The Morgan fingerprint density at radius 2 is 2.36 bits per heavy atom. The van der Waals surface area contributed by atoms with Crippen LogP contribution in [-0.4, -0.2) is 42.6 Å². The van der Waals surface area contributed by atoms with Gasteiger partial charge in [0, 0.05) is 19.7 Å². The maximum atomic E-state index is 11.4. The lowest BCUT2D eigenvalue weighted by molar-refractivity contribution is -0.128. The van der Waals surface area contributed by atoms with E-state index >= 15 is 0 Å². The first-order valence-corrected chi connectivity index (χ1v) is 5.27. The van der Waals surface area contributed by atoms with Gasteiger partial charge < -0.3 is 15.4 Å². The van der Waals surface area contributed by atoms with Crippen molar-refractivity contribution < 1.29 is 9.53 Å². The molecule has 82 valence electrons. The van der Waals surface area contributed by atoms with Crippen molar-refractivity contribution in [1.29, 1.82) is 0 Å². The van der Waals surface area contributed by atoms with Crippen LogP contribution < -0.4 is 5.73 Å². The minimum atomic E-state index is -0.263. The molecule has 0 aromatic heterocycles. The van der Waals surface area contributed by atoms with Crippen LogP contribution >= 0.6 is 0 Å². The fraction of sp³-hybridized carbons (Fsp3) is 0.900. The summed E-state index contributed by atoms with van der Waals surface area (Å²) in [7, 11) is 0. The summed E-state index contributed by atoms with van der Waals surface area (Å²) in [5.41, 5.74) is 5.60. The first kappa shape index (κ1) is 11.5. The molecule has 2 N–H and O–H groups in total. The fourth-order valence-corrected chi connectivity index (χ4v) is 1.56. The maximum absolute atomic E-state index is 11.4. The second kappa shape index (κ2) is 5.32. The molecular weight excluding hydrogens is 180 g/mol. The van der Waals surface area contributed by atoms with Crippen LogP contribution in [0.5, 0.6) is 0 Å². The molecule has 0 bridgehead atoms. The van der Waals surface area contributed by atoms with E-state index in [2.05, 4.69) is 0 Å². The van der Waals surface area contributed by atoms with Gasteiger partial charge in [0.25, 0.3) is 0 Å². The van der Waals surface area contributed by atoms with Gasteiger partial charge in [0.1, 0.15) is 0 Å². The van der Waals surface area contributed by atoms with E-state index in [0.717, 1.165) is 32.5 Å². The van der Waals surface area contributed by atoms with E-state index in [9.17, 15) is 4.79 Å². The summed E-state index contributed by atoms with van der Waals surface area (Å²) in [6, 6.07) is -0.263. The number of amides is 1. The molecule has 1 amide bonds. The predicted molar refractivity (Wildman–Crippen MR) is 54.9 cm³/mol. The number of hydrogen-bond acceptors (Lipinski definition) is 3. The third kappa shape index (κ3) is 3.27. The number of carbonyl (C=O) groups excluding carboxylic acids is 1. The third-order valence-corrected chi connectivity index (χ3v) is 2.36. The molecular formula is C10H20N2O2. The van der Waals surface area contributed by atoms with E-state index in [4.69, 9.17) is 10.5 Å². The van der Waals surface area contributed by atoms with Crippen LogP contribution in [0.4, 0.5) is 0 Å². The molecule has 14 heavy (non-hydrogen) atoms. The summed E-state index contributed by atoms with van der Waals surface area (Å²) in [5.74, 6) is 0.0922. The highest BCUT2D eigenvalue weighted by atomic mass is 16.5. The summed E-state index contributed by atoms with van der Waals surface area (Å²) >= 11 is 0. The van der Waals surface area contributed by atoms with Crippen molar-refractivity contribution in [3.05, 3.63) is 0 Å². The number of carbonyl (C=O) groups is 1. The molecule has 4 nitrogen and oxygen atoms in total. The average Bonchev–Trinajstić information content (AvgIpc) is 2.43. The van der Waals surface area contributed by atoms with E-state index in [-0.39, 0.29) is 18.1 Å². The minimum absolute atomic E-state index is 0.0922. The molecule has 0 aliphatic carbocycles. The Morgan fingerprint density at radius 1 is 1.64 bits per heavy atom. The first-order chi connectivity index (χ1) is 6.61. The molecule has 1 aliphatic rings. The molecule has 1 unspecified atom stereocenters. The van der Waals surface area contributed by atoms with Gasteiger partial charge in [-0.1, -0.05) is 0 Å². The van der Waals surface area contributed by atoms with Crippen molar-refractivity contribution in [2.75, 3.05) is 19.7 Å². The number of ether oxygens (including phenoxy) is 1. The number of nitrogens with two attached hydrogens (primary N) is 1. The zero-order valence-electron chi connectivity index (χ0n) is 9.03. The Hall–Kier alpha value is -0.610. The zero-order chi connectivity index (χ0) is 10.6. The second-order valence-electron chi connectivity index (χ2n) is 3.99. The van der Waals surface area contributed by atoms with Crippen molar-refractivity contribution in [3.8, 4) is 0 Å². The summed E-state index contributed by atoms with van der Waals surface area (Å²) in [6.07, 6.45) is 1.96. The van der Waals surface area contributed by atoms with Crippen molar-refractivity contribution in [1.82, 2.24) is 4.90 Å². The van der Waals surface area contributed by atoms with Gasteiger partial charge in [-0.2, -0.15) is 0 Å². The van der Waals surface area contributed by atoms with Crippen LogP contribution in [-0.2, 0) is 9.53 Å². The molecule has 0 aromatic carbocycles. The first-order valence-electron chi connectivity index (χ1n) is 5.27. The largest absolute Gasteiger partial charge is 0.379 e. The number of hydrogen-bond donors (Lipinski definition) is 1. The fourth-order valence-electron chi connectivity index (χ4n) is 1.56. The van der Waals surface area contributed by atoms with Crippen LogP contribution in [0.2, 0.25) is 0 Å². The monoisotopic (exact) mass is 200 g/mol. The molecule has 4 heteroatoms. The molecule has 1 heterocycles. The van der Waals surface area contributed by atoms with Gasteiger partial charge in [-0.05, 0) is 26.7 Å². The van der Waals surface area contributed by atoms with Crippen molar-refractivity contribution >= 4 is 5.91 Å². The van der Waals surface area contributed by atoms with Gasteiger partial charge in [0.15, 0.2) is 0 Å². The molecule has 1 fully saturated rings. The van der Waals surface area contributed by atoms with E-state index in [0.29, 0.717) is 0 Å². The van der Waals surface area contributed by atoms with Crippen LogP contribution in [0, 0.1) is 0 Å². The Labute approximate surface area is 85.4 Å². The van der Waals surface area contributed by atoms with Crippen LogP contribution in [0.25, 0.3) is 0 Å². The van der Waals surface area contributed by atoms with Gasteiger partial charge in [-0.15, -0.1) is 0 Å². The number of nitrogens with zero attached hydrogens (tertiary/aromatic N) is 1. The molecule has 1 saturated heterocycles. The summed E-state index contributed by atoms with van der Waals surface area (Å²) < 4.78 is 5.39. The average molecular weight is 200 g/mol. The molecule has 0 radical (unpaired) electrons. The predicted octanol–water partition coefficient (Wildman–Crippen LogP) is 0.361. The third-order valence-electron chi connectivity index (χ3n) is 2.36. The maximum Gasteiger partial charge on any atom is 0.239 e. The van der Waals surface area contributed by atoms with Gasteiger partial charge >= 0.3 is 0 Å². The molecule has 0 spiro atoms. The molecule has 0 saturated carbocycles. The lowest BCUT2D eigenvalue weighted by Gasteiger charge is -2.16. The Balaban J connectivity index is 2.10. The van der Waals surface area contributed by atoms with Crippen molar-refractivity contribution in [2.45, 2.75) is 38.8 Å². The normalized spacial score (nSPS) is 22.4. The minimum Gasteiger partial charge on any atom is -0.379 e. The van der Waals surface area contributed by atoms with Crippen molar-refractivity contribution in [3.63, 3.8) is 0 Å². The van der Waals surface area contributed by atoms with E-state index in [1.54, 1.807) is 0 Å². The smallest absolute Gasteiger partial charge is 0.239 e. The zero-order valence-corrected chi connectivity index (χ0v) is 9.03. The summed E-state index contributed by atoms with van der Waals surface area (Å²) in [4.78, 5) is 13.2. The lowest BCUT2D eigenvalue weighted by atomic mass is 10.3. The topological polar surface area (TPSA) is 55.6 Å². The number of rotatable bonds is 5. The van der Waals surface area contributed by atoms with E-state index in [1.807, 2.05) is 18.7 Å². The Bertz CT molecular complexity index is 195. The molecule has 1 atom stereocenters. The van der Waals surface area contributed by atoms with E-state index in [1.165, 1.54) is 0 Å². The van der Waals surface area contributed by atoms with Gasteiger partial charge in [-0.25, -0.2) is 0 Å². The summed E-state index contributed by atoms with van der Waals surface area (Å²) in [5, 5.41) is 0. The van der Waals surface area contributed by atoms with E-state index < -0.39 is 0 Å². The second-order valence-corrected chi connectivity index (χ2v) is 3.99. The standard InChI is InChI=1S/C10H20N2O2/c1-8(2)14-7-3-5-12-6-4-9(11)10(12)13/h8-9H,3-7,11H2,1-2H3. The molecule has 1 rings (SSSR count). The molecule has 0 aromatic rings. The van der Waals surface area contributed by atoms with Gasteiger partial charge in [0.05, 0.1) is 12.1 Å².